The maximum absolute atomic E-state index is 11.2. The van der Waals surface area contributed by atoms with Gasteiger partial charge in [-0.2, -0.15) is 10.5 Å². The third kappa shape index (κ3) is 17.7. The summed E-state index contributed by atoms with van der Waals surface area (Å²) in [5.41, 5.74) is -0.128. The van der Waals surface area contributed by atoms with Gasteiger partial charge in [0.2, 0.25) is 0 Å². The van der Waals surface area contributed by atoms with Gasteiger partial charge >= 0.3 is 0 Å². The quantitative estimate of drug-likeness (QED) is 0.0626. The van der Waals surface area contributed by atoms with E-state index in [9.17, 15) is 10.5 Å². The first-order chi connectivity index (χ1) is 35.3. The largest absolute Gasteiger partial charge is 0.413 e. The van der Waals surface area contributed by atoms with Gasteiger partial charge in [-0.3, -0.25) is 0 Å². The van der Waals surface area contributed by atoms with Crippen molar-refractivity contribution in [2.45, 2.75) is 270 Å². The zero-order chi connectivity index (χ0) is 56.0. The Hall–Kier alpha value is -3.06. The van der Waals surface area contributed by atoms with Gasteiger partial charge < -0.3 is 51.8 Å². The van der Waals surface area contributed by atoms with Crippen LogP contribution in [0.1, 0.15) is 166 Å². The summed E-state index contributed by atoms with van der Waals surface area (Å²) in [5.74, 6) is -3.66. The van der Waals surface area contributed by atoms with Gasteiger partial charge in [-0.1, -0.05) is 121 Å². The SMILES string of the molecule is CC(C)[C@H](OCc1ccccc1)[C@@H](C)/C=C/[C@H]1C[C@@](C#N)(C[C@H]2C[C@H](C[C@H]3C[C@H](C[C@]4(C#N)C[C@H]([C@@H](C)[C@H](CCOCc5ccccc5)O[Si](C)(C)C(C)(C)C)OC(C)(C)O4)OC(C)(C)O3)OC(C)(C)O2)OC(C)(C)O1. The zero-order valence-electron chi connectivity index (χ0n) is 49.4. The van der Waals surface area contributed by atoms with E-state index in [0.29, 0.717) is 71.2 Å². The van der Waals surface area contributed by atoms with Crippen LogP contribution in [0.5, 0.6) is 0 Å². The Morgan fingerprint density at radius 3 is 1.64 bits per heavy atom. The summed E-state index contributed by atoms with van der Waals surface area (Å²) in [6, 6.07) is 25.7. The summed E-state index contributed by atoms with van der Waals surface area (Å²) in [5, 5.41) is 22.2. The van der Waals surface area contributed by atoms with E-state index in [4.69, 9.17) is 51.8 Å². The number of rotatable bonds is 22. The molecular weight excluding hydrogens is 977 g/mol. The van der Waals surface area contributed by atoms with Crippen LogP contribution in [0.4, 0.5) is 0 Å². The van der Waals surface area contributed by atoms with Crippen molar-refractivity contribution in [3.63, 3.8) is 0 Å². The Labute approximate surface area is 459 Å². The van der Waals surface area contributed by atoms with E-state index in [2.05, 4.69) is 110 Å². The fraction of sp³-hybridized carbons (Fsp3) is 0.742. The molecule has 4 heterocycles. The highest BCUT2D eigenvalue weighted by atomic mass is 28.4. The predicted molar refractivity (Wildman–Crippen MR) is 297 cm³/mol. The van der Waals surface area contributed by atoms with Crippen LogP contribution in [0.15, 0.2) is 72.8 Å². The Kier molecular flexibility index (Phi) is 20.6. The molecule has 14 heteroatoms. The first-order valence-electron chi connectivity index (χ1n) is 28.3. The van der Waals surface area contributed by atoms with Crippen LogP contribution in [0.2, 0.25) is 18.1 Å². The number of ether oxygens (including phenoxy) is 10. The van der Waals surface area contributed by atoms with Crippen molar-refractivity contribution in [3.8, 4) is 12.1 Å². The lowest BCUT2D eigenvalue weighted by molar-refractivity contribution is -0.350. The Morgan fingerprint density at radius 1 is 0.658 bits per heavy atom. The van der Waals surface area contributed by atoms with E-state index in [1.807, 2.05) is 91.8 Å². The third-order valence-corrected chi connectivity index (χ3v) is 20.4. The molecule has 0 saturated carbocycles. The fourth-order valence-electron chi connectivity index (χ4n) is 11.7. The molecule has 0 aromatic heterocycles. The van der Waals surface area contributed by atoms with E-state index >= 15 is 0 Å². The molecule has 4 fully saturated rings. The standard InChI is InChI=1S/C62H96N2O11Si/c1-43(2)55(66-40-47-26-22-19-23-27-47)44(3)28-29-48-35-61(41-63,74-59(12,13)67-48)36-51-33-49(68-57(8,9)70-51)32-50-34-52(71-58(10,11)69-50)37-62(42-64)38-54(72-60(14,15)75-62)45(4)53(73-76(16,17)56(5,6)7)30-31-65-39-46-24-20-18-21-25-46/h18-29,43-45,48-55H,30-40H2,1-17H3/b29-28+/t44-,45-,48-,49-,50-,51+,52+,53-,54+,55-,61-,62+/m0/s1. The van der Waals surface area contributed by atoms with Gasteiger partial charge in [-0.25, -0.2) is 0 Å². The zero-order valence-corrected chi connectivity index (χ0v) is 50.4. The highest BCUT2D eigenvalue weighted by Gasteiger charge is 2.54. The molecule has 4 saturated heterocycles. The molecule has 0 radical (unpaired) electrons. The van der Waals surface area contributed by atoms with Crippen LogP contribution < -0.4 is 0 Å². The number of nitrogens with zero attached hydrogens (tertiary/aromatic N) is 2. The van der Waals surface area contributed by atoms with Crippen LogP contribution in [0, 0.1) is 40.4 Å². The van der Waals surface area contributed by atoms with Crippen molar-refractivity contribution < 1.29 is 51.8 Å². The molecule has 0 aliphatic carbocycles. The summed E-state index contributed by atoms with van der Waals surface area (Å²) in [6.07, 6.45) is 5.74. The maximum Gasteiger partial charge on any atom is 0.192 e. The monoisotopic (exact) mass is 1070 g/mol. The summed E-state index contributed by atoms with van der Waals surface area (Å²) < 4.78 is 73.0. The van der Waals surface area contributed by atoms with E-state index in [0.717, 1.165) is 11.1 Å². The average Bonchev–Trinajstić information content (AvgIpc) is 3.29. The van der Waals surface area contributed by atoms with Crippen molar-refractivity contribution in [1.29, 1.82) is 10.5 Å². The lowest BCUT2D eigenvalue weighted by atomic mass is 9.81. The Bertz CT molecular complexity index is 2250. The van der Waals surface area contributed by atoms with E-state index in [1.54, 1.807) is 0 Å². The molecule has 2 aromatic rings. The fourth-order valence-corrected chi connectivity index (χ4v) is 13.2. The Balaban J connectivity index is 1.12. The smallest absolute Gasteiger partial charge is 0.192 e. The molecule has 6 rings (SSSR count). The lowest BCUT2D eigenvalue weighted by Gasteiger charge is -2.51. The van der Waals surface area contributed by atoms with Crippen LogP contribution in [0.25, 0.3) is 0 Å². The molecule has 0 spiro atoms. The van der Waals surface area contributed by atoms with Gasteiger partial charge in [0.15, 0.2) is 42.7 Å². The summed E-state index contributed by atoms with van der Waals surface area (Å²) in [4.78, 5) is 0. The second-order valence-corrected chi connectivity index (χ2v) is 30.9. The van der Waals surface area contributed by atoms with Crippen LogP contribution in [-0.2, 0) is 65.0 Å². The number of nitriles is 2. The molecule has 4 aliphatic heterocycles. The molecule has 76 heavy (non-hydrogen) atoms. The minimum Gasteiger partial charge on any atom is -0.413 e. The lowest BCUT2D eigenvalue weighted by Crippen LogP contribution is -2.58. The van der Waals surface area contributed by atoms with E-state index in [-0.39, 0.29) is 71.6 Å². The van der Waals surface area contributed by atoms with Crippen molar-refractivity contribution in [1.82, 2.24) is 0 Å². The molecule has 4 aliphatic rings. The van der Waals surface area contributed by atoms with Crippen LogP contribution in [-0.4, -0.2) is 98.1 Å². The third-order valence-electron chi connectivity index (χ3n) is 15.9. The normalized spacial score (nSPS) is 31.2. The van der Waals surface area contributed by atoms with Gasteiger partial charge in [0.05, 0.1) is 74.2 Å². The topological polar surface area (TPSA) is 149 Å². The second kappa shape index (κ2) is 25.2. The molecule has 0 amide bonds. The molecule has 12 atom stereocenters. The number of benzene rings is 2. The first-order valence-corrected chi connectivity index (χ1v) is 31.2. The van der Waals surface area contributed by atoms with E-state index < -0.39 is 42.7 Å². The molecule has 0 unspecified atom stereocenters. The van der Waals surface area contributed by atoms with Gasteiger partial charge in [0.25, 0.3) is 0 Å². The minimum atomic E-state index is -2.23. The number of hydrogen-bond donors (Lipinski definition) is 0. The van der Waals surface area contributed by atoms with Crippen molar-refractivity contribution in [2.75, 3.05) is 6.61 Å². The van der Waals surface area contributed by atoms with Gasteiger partial charge in [0, 0.05) is 63.4 Å². The van der Waals surface area contributed by atoms with Crippen LogP contribution in [0.3, 0.4) is 0 Å². The van der Waals surface area contributed by atoms with E-state index in [1.165, 1.54) is 0 Å². The highest BCUT2D eigenvalue weighted by molar-refractivity contribution is 6.74. The highest BCUT2D eigenvalue weighted by Crippen LogP contribution is 2.47. The van der Waals surface area contributed by atoms with Crippen molar-refractivity contribution >= 4 is 8.32 Å². The molecule has 2 aromatic carbocycles. The predicted octanol–water partition coefficient (Wildman–Crippen LogP) is 13.7. The second-order valence-electron chi connectivity index (χ2n) is 26.2. The summed E-state index contributed by atoms with van der Waals surface area (Å²) in [6.45, 7) is 36.9. The van der Waals surface area contributed by atoms with Gasteiger partial charge in [0.1, 0.15) is 0 Å². The summed E-state index contributed by atoms with van der Waals surface area (Å²) >= 11 is 0. The summed E-state index contributed by atoms with van der Waals surface area (Å²) in [7, 11) is -2.23. The molecule has 424 valence electrons. The van der Waals surface area contributed by atoms with Gasteiger partial charge in [-0.15, -0.1) is 0 Å². The minimum absolute atomic E-state index is 0.00852. The van der Waals surface area contributed by atoms with Gasteiger partial charge in [-0.05, 0) is 97.0 Å². The van der Waals surface area contributed by atoms with Crippen molar-refractivity contribution in [2.24, 2.45) is 17.8 Å². The molecule has 13 nitrogen and oxygen atoms in total. The average molecular weight is 1070 g/mol. The maximum atomic E-state index is 11.2. The number of hydrogen-bond acceptors (Lipinski definition) is 13. The molecule has 0 N–H and O–H groups in total. The van der Waals surface area contributed by atoms with Crippen molar-refractivity contribution in [3.05, 3.63) is 83.9 Å². The van der Waals surface area contributed by atoms with Crippen LogP contribution >= 0.6 is 0 Å². The molecule has 0 bridgehead atoms. The Morgan fingerprint density at radius 2 is 1.14 bits per heavy atom. The first kappa shape index (κ1) is 62.1. The molecular formula is C62H96N2O11Si.